The van der Waals surface area contributed by atoms with Crippen molar-refractivity contribution in [1.82, 2.24) is 0 Å². The van der Waals surface area contributed by atoms with Gasteiger partial charge < -0.3 is 0 Å². The first-order valence-corrected chi connectivity index (χ1v) is 2.92. The number of nitriles is 1. The van der Waals surface area contributed by atoms with Crippen LogP contribution in [0.4, 0.5) is 0 Å². The zero-order valence-corrected chi connectivity index (χ0v) is 5.73. The van der Waals surface area contributed by atoms with Crippen molar-refractivity contribution < 1.29 is 0 Å². The van der Waals surface area contributed by atoms with Crippen LogP contribution in [0.1, 0.15) is 27.2 Å². The molecule has 45 valence electrons. The second-order valence-electron chi connectivity index (χ2n) is 2.17. The second kappa shape index (κ2) is 3.49. The maximum absolute atomic E-state index is 8.43. The van der Waals surface area contributed by atoms with Gasteiger partial charge in [-0.25, -0.2) is 0 Å². The first-order valence-electron chi connectivity index (χ1n) is 2.92. The molecule has 0 N–H and O–H groups in total. The summed E-state index contributed by atoms with van der Waals surface area (Å²) < 4.78 is 0. The lowest BCUT2D eigenvalue weighted by atomic mass is 9.95. The zero-order chi connectivity index (χ0) is 6.57. The lowest BCUT2D eigenvalue weighted by molar-refractivity contribution is 0.659. The minimum Gasteiger partial charge on any atom is -0.198 e. The van der Waals surface area contributed by atoms with Crippen molar-refractivity contribution in [2.24, 2.45) is 5.92 Å². The fourth-order valence-corrected chi connectivity index (χ4v) is 0.629. The molecule has 0 heterocycles. The zero-order valence-electron chi connectivity index (χ0n) is 5.73. The predicted octanol–water partition coefficient (Wildman–Crippen LogP) is 2.15. The van der Waals surface area contributed by atoms with Crippen LogP contribution in [0.2, 0.25) is 0 Å². The van der Waals surface area contributed by atoms with E-state index in [1.54, 1.807) is 0 Å². The van der Waals surface area contributed by atoms with Crippen LogP contribution in [0.25, 0.3) is 0 Å². The van der Waals surface area contributed by atoms with Crippen molar-refractivity contribution in [2.45, 2.75) is 27.2 Å². The summed E-state index contributed by atoms with van der Waals surface area (Å²) in [5.74, 6) is 1.39. The highest BCUT2D eigenvalue weighted by Crippen LogP contribution is 2.14. The number of hydrogen-bond acceptors (Lipinski definition) is 1. The van der Waals surface area contributed by atoms with E-state index in [0.29, 0.717) is 0 Å². The maximum atomic E-state index is 8.43. The van der Waals surface area contributed by atoms with Gasteiger partial charge in [0.25, 0.3) is 0 Å². The van der Waals surface area contributed by atoms with E-state index in [-0.39, 0.29) is 5.92 Å². The van der Waals surface area contributed by atoms with Crippen LogP contribution in [0.3, 0.4) is 0 Å². The Bertz CT molecular complexity index is 89.1. The standard InChI is InChI=1S/C7H12N/c1-4-7(5-8)6(2)3/h7H,4H2,1-3H3. The van der Waals surface area contributed by atoms with Gasteiger partial charge in [0.05, 0.1) is 12.0 Å². The van der Waals surface area contributed by atoms with Crippen LogP contribution >= 0.6 is 0 Å². The average molecular weight is 110 g/mol. The van der Waals surface area contributed by atoms with E-state index >= 15 is 0 Å². The van der Waals surface area contributed by atoms with Crippen molar-refractivity contribution in [3.63, 3.8) is 0 Å². The van der Waals surface area contributed by atoms with Crippen LogP contribution in [-0.4, -0.2) is 0 Å². The van der Waals surface area contributed by atoms with E-state index in [9.17, 15) is 0 Å². The van der Waals surface area contributed by atoms with Gasteiger partial charge in [0.2, 0.25) is 0 Å². The summed E-state index contributed by atoms with van der Waals surface area (Å²) in [6.45, 7) is 6.02. The third-order valence-electron chi connectivity index (χ3n) is 1.26. The molecule has 1 heteroatoms. The van der Waals surface area contributed by atoms with E-state index in [0.717, 1.165) is 6.42 Å². The summed E-state index contributed by atoms with van der Waals surface area (Å²) in [5.41, 5.74) is 0. The molecule has 8 heavy (non-hydrogen) atoms. The summed E-state index contributed by atoms with van der Waals surface area (Å²) in [6.07, 6.45) is 0.943. The van der Waals surface area contributed by atoms with Gasteiger partial charge in [-0.1, -0.05) is 20.8 Å². The molecule has 0 spiro atoms. The van der Waals surface area contributed by atoms with Gasteiger partial charge in [0.15, 0.2) is 0 Å². The Morgan fingerprint density at radius 1 is 1.62 bits per heavy atom. The summed E-state index contributed by atoms with van der Waals surface area (Å²) in [7, 11) is 0. The summed E-state index contributed by atoms with van der Waals surface area (Å²) in [6, 6.07) is 2.21. The summed E-state index contributed by atoms with van der Waals surface area (Å²) in [5, 5.41) is 8.43. The summed E-state index contributed by atoms with van der Waals surface area (Å²) in [4.78, 5) is 0. The Hall–Kier alpha value is -0.510. The second-order valence-corrected chi connectivity index (χ2v) is 2.17. The third-order valence-corrected chi connectivity index (χ3v) is 1.26. The molecule has 0 bridgehead atoms. The van der Waals surface area contributed by atoms with Gasteiger partial charge in [-0.2, -0.15) is 5.26 Å². The van der Waals surface area contributed by atoms with E-state index in [1.807, 2.05) is 20.8 Å². The summed E-state index contributed by atoms with van der Waals surface area (Å²) >= 11 is 0. The average Bonchev–Trinajstić information content (AvgIpc) is 1.69. The molecule has 1 nitrogen and oxygen atoms in total. The van der Waals surface area contributed by atoms with Gasteiger partial charge in [-0.05, 0) is 12.3 Å². The normalized spacial score (nSPS) is 13.4. The molecule has 0 saturated carbocycles. The molecule has 0 saturated heterocycles. The molecule has 1 unspecified atom stereocenters. The Morgan fingerprint density at radius 3 is 2.12 bits per heavy atom. The molecule has 0 aliphatic carbocycles. The van der Waals surface area contributed by atoms with Crippen molar-refractivity contribution in [3.05, 3.63) is 5.92 Å². The van der Waals surface area contributed by atoms with E-state index in [4.69, 9.17) is 5.26 Å². The lowest BCUT2D eigenvalue weighted by Crippen LogP contribution is -2.00. The molecule has 0 fully saturated rings. The SMILES string of the molecule is CCC(C#N)[C](C)C. The Morgan fingerprint density at radius 2 is 2.12 bits per heavy atom. The van der Waals surface area contributed by atoms with E-state index < -0.39 is 0 Å². The lowest BCUT2D eigenvalue weighted by Gasteiger charge is -2.06. The highest BCUT2D eigenvalue weighted by atomic mass is 14.3. The fourth-order valence-electron chi connectivity index (χ4n) is 0.629. The minimum atomic E-state index is 0.176. The van der Waals surface area contributed by atoms with Crippen molar-refractivity contribution in [1.29, 1.82) is 5.26 Å². The van der Waals surface area contributed by atoms with Crippen molar-refractivity contribution in [2.75, 3.05) is 0 Å². The first-order chi connectivity index (χ1) is 3.72. The van der Waals surface area contributed by atoms with E-state index in [2.05, 4.69) is 6.07 Å². The largest absolute Gasteiger partial charge is 0.198 e. The quantitative estimate of drug-likeness (QED) is 0.534. The van der Waals surface area contributed by atoms with Crippen LogP contribution in [-0.2, 0) is 0 Å². The molecule has 1 atom stereocenters. The molecule has 0 rings (SSSR count). The van der Waals surface area contributed by atoms with Gasteiger partial charge in [0, 0.05) is 0 Å². The minimum absolute atomic E-state index is 0.176. The molecule has 0 aromatic rings. The topological polar surface area (TPSA) is 23.8 Å². The highest BCUT2D eigenvalue weighted by Gasteiger charge is 2.07. The van der Waals surface area contributed by atoms with Gasteiger partial charge in [-0.15, -0.1) is 0 Å². The van der Waals surface area contributed by atoms with Gasteiger partial charge in [-0.3, -0.25) is 0 Å². The number of nitrogens with zero attached hydrogens (tertiary/aromatic N) is 1. The molecular formula is C7H12N. The molecular weight excluding hydrogens is 98.1 g/mol. The first kappa shape index (κ1) is 7.49. The van der Waals surface area contributed by atoms with Crippen LogP contribution in [0.15, 0.2) is 0 Å². The van der Waals surface area contributed by atoms with Gasteiger partial charge in [0.1, 0.15) is 0 Å². The monoisotopic (exact) mass is 110 g/mol. The molecule has 1 radical (unpaired) electrons. The van der Waals surface area contributed by atoms with Crippen molar-refractivity contribution >= 4 is 0 Å². The Kier molecular flexibility index (Phi) is 3.26. The molecule has 0 aromatic heterocycles. The van der Waals surface area contributed by atoms with Gasteiger partial charge >= 0.3 is 0 Å². The molecule has 0 aromatic carbocycles. The molecule has 0 aliphatic rings. The number of rotatable bonds is 2. The van der Waals surface area contributed by atoms with Crippen LogP contribution in [0, 0.1) is 23.2 Å². The Labute approximate surface area is 51.3 Å². The predicted molar refractivity (Wildman–Crippen MR) is 34.0 cm³/mol. The molecule has 0 amide bonds. The van der Waals surface area contributed by atoms with Crippen molar-refractivity contribution in [3.8, 4) is 6.07 Å². The maximum Gasteiger partial charge on any atom is 0.0661 e. The number of hydrogen-bond donors (Lipinski definition) is 0. The van der Waals surface area contributed by atoms with Crippen LogP contribution in [0.5, 0.6) is 0 Å². The van der Waals surface area contributed by atoms with Crippen LogP contribution < -0.4 is 0 Å². The Balaban J connectivity index is 3.57. The highest BCUT2D eigenvalue weighted by molar-refractivity contribution is 4.99. The molecule has 0 aliphatic heterocycles. The van der Waals surface area contributed by atoms with E-state index in [1.165, 1.54) is 5.92 Å². The fraction of sp³-hybridized carbons (Fsp3) is 0.714. The third kappa shape index (κ3) is 1.97. The smallest absolute Gasteiger partial charge is 0.0661 e.